The highest BCUT2D eigenvalue weighted by Gasteiger charge is 2.28. The van der Waals surface area contributed by atoms with E-state index >= 15 is 0 Å². The fraction of sp³-hybridized carbons (Fsp3) is 0.143. The summed E-state index contributed by atoms with van der Waals surface area (Å²) in [6.45, 7) is 2.34. The molecule has 29 heavy (non-hydrogen) atoms. The first-order valence-electron chi connectivity index (χ1n) is 7.49. The monoisotopic (exact) mass is 406 g/mol. The summed E-state index contributed by atoms with van der Waals surface area (Å²) in [4.78, 5) is 40.3. The molecule has 0 aromatic heterocycles. The molecule has 2 rings (SSSR count). The molecule has 2 aromatic rings. The summed E-state index contributed by atoms with van der Waals surface area (Å²) in [5.41, 5.74) is -4.31. The van der Waals surface area contributed by atoms with Crippen molar-refractivity contribution in [1.82, 2.24) is 0 Å². The second-order valence-corrected chi connectivity index (χ2v) is 5.62. The van der Waals surface area contributed by atoms with E-state index in [-0.39, 0.29) is 16.0 Å². The number of hydrogen-bond acceptors (Lipinski definition) is 10. The van der Waals surface area contributed by atoms with E-state index in [4.69, 9.17) is 0 Å². The molecule has 0 heterocycles. The van der Waals surface area contributed by atoms with Gasteiger partial charge in [0, 0.05) is 11.2 Å². The lowest BCUT2D eigenvalue weighted by molar-refractivity contribution is -0.439. The largest absolute Gasteiger partial charge is 0.594 e. The number of benzene rings is 2. The van der Waals surface area contributed by atoms with Gasteiger partial charge in [0.1, 0.15) is 11.3 Å². The minimum absolute atomic E-state index is 0.181. The Morgan fingerprint density at radius 2 is 1.03 bits per heavy atom. The van der Waals surface area contributed by atoms with Crippen LogP contribution in [0.3, 0.4) is 0 Å². The van der Waals surface area contributed by atoms with Gasteiger partial charge in [-0.2, -0.15) is 0 Å². The summed E-state index contributed by atoms with van der Waals surface area (Å²) in [6.07, 6.45) is 0. The molecule has 0 saturated carbocycles. The molecular weight excluding hydrogens is 396 g/mol. The molecule has 0 atom stereocenters. The molecule has 0 fully saturated rings. The fourth-order valence-corrected chi connectivity index (χ4v) is 2.38. The third-order valence-electron chi connectivity index (χ3n) is 3.89. The minimum Gasteiger partial charge on any atom is -0.594 e. The van der Waals surface area contributed by atoms with Crippen LogP contribution in [0, 0.1) is 59.5 Å². The lowest BCUT2D eigenvalue weighted by Gasteiger charge is -2.05. The van der Waals surface area contributed by atoms with Crippen molar-refractivity contribution in [3.8, 4) is 0 Å². The first-order valence-corrected chi connectivity index (χ1v) is 7.49. The Kier molecular flexibility index (Phi) is 5.43. The molecule has 150 valence electrons. The summed E-state index contributed by atoms with van der Waals surface area (Å²) in [5, 5.41) is 60.2. The van der Waals surface area contributed by atoms with Gasteiger partial charge in [-0.3, -0.25) is 40.5 Å². The van der Waals surface area contributed by atoms with Crippen LogP contribution in [-0.2, 0) is 0 Å². The highest BCUT2D eigenvalue weighted by atomic mass is 16.6. The third kappa shape index (κ3) is 4.07. The zero-order chi connectivity index (χ0) is 22.0. The number of azo groups is 1. The molecular formula is C14H10N6O9. The maximum Gasteiger partial charge on any atom is 0.285 e. The topological polar surface area (TPSA) is 211 Å². The number of hydrogen-bond donors (Lipinski definition) is 0. The Hall–Kier alpha value is -4.56. The van der Waals surface area contributed by atoms with E-state index < -0.39 is 53.8 Å². The molecule has 0 aliphatic rings. The lowest BCUT2D eigenvalue weighted by Crippen LogP contribution is -2.01. The standard InChI is InChI=1S/C14H10N6O9/c1-7-11(3-9(17(22)23)5-13(7)19(26)27)15-16(21)12-4-10(18(24)25)6-14(8(12)2)20(28)29/h3-6H,1-2H3. The quantitative estimate of drug-likeness (QED) is 0.294. The van der Waals surface area contributed by atoms with E-state index in [9.17, 15) is 45.7 Å². The molecule has 2 aromatic carbocycles. The second-order valence-electron chi connectivity index (χ2n) is 5.62. The Morgan fingerprint density at radius 1 is 0.621 bits per heavy atom. The first-order chi connectivity index (χ1) is 13.4. The van der Waals surface area contributed by atoms with Crippen molar-refractivity contribution in [2.45, 2.75) is 13.8 Å². The van der Waals surface area contributed by atoms with Crippen molar-refractivity contribution < 1.29 is 24.6 Å². The van der Waals surface area contributed by atoms with Crippen molar-refractivity contribution >= 4 is 34.1 Å². The highest BCUT2D eigenvalue weighted by molar-refractivity contribution is 5.63. The molecule has 0 radical (unpaired) electrons. The molecule has 0 aliphatic heterocycles. The van der Waals surface area contributed by atoms with Crippen LogP contribution in [0.15, 0.2) is 29.4 Å². The first kappa shape index (κ1) is 20.7. The molecule has 0 saturated heterocycles. The van der Waals surface area contributed by atoms with E-state index in [1.807, 2.05) is 0 Å². The Labute approximate surface area is 159 Å². The van der Waals surface area contributed by atoms with Crippen molar-refractivity contribution in [3.05, 3.63) is 81.1 Å². The van der Waals surface area contributed by atoms with Gasteiger partial charge in [0.25, 0.3) is 28.4 Å². The molecule has 0 N–H and O–H groups in total. The van der Waals surface area contributed by atoms with Gasteiger partial charge in [0.15, 0.2) is 0 Å². The number of nitro groups is 4. The number of nitrogens with zero attached hydrogens (tertiary/aromatic N) is 6. The molecule has 0 unspecified atom stereocenters. The predicted octanol–water partition coefficient (Wildman–Crippen LogP) is 3.86. The van der Waals surface area contributed by atoms with Gasteiger partial charge in [-0.05, 0) is 18.7 Å². The Bertz CT molecular complexity index is 1110. The van der Waals surface area contributed by atoms with Gasteiger partial charge in [-0.25, -0.2) is 0 Å². The smallest absolute Gasteiger partial charge is 0.285 e. The summed E-state index contributed by atoms with van der Waals surface area (Å²) in [5.74, 6) is 0. The normalized spacial score (nSPS) is 11.2. The maximum absolute atomic E-state index is 12.5. The highest BCUT2D eigenvalue weighted by Crippen LogP contribution is 2.36. The number of nitro benzene ring substituents is 4. The minimum atomic E-state index is -0.951. The predicted molar refractivity (Wildman–Crippen MR) is 94.4 cm³/mol. The SMILES string of the molecule is Cc1c(N=[N+]([O-])c2cc([N+](=O)[O-])cc([N+](=O)[O-])c2C)cc([N+](=O)[O-])cc1[N+](=O)[O-]. The fourth-order valence-electron chi connectivity index (χ4n) is 2.38. The third-order valence-corrected chi connectivity index (χ3v) is 3.89. The van der Waals surface area contributed by atoms with Gasteiger partial charge in [0.2, 0.25) is 0 Å². The van der Waals surface area contributed by atoms with Crippen molar-refractivity contribution in [3.63, 3.8) is 0 Å². The van der Waals surface area contributed by atoms with Crippen molar-refractivity contribution in [1.29, 1.82) is 0 Å². The molecule has 0 amide bonds. The van der Waals surface area contributed by atoms with E-state index in [1.165, 1.54) is 6.92 Å². The lowest BCUT2D eigenvalue weighted by atomic mass is 10.1. The molecule has 0 spiro atoms. The van der Waals surface area contributed by atoms with Crippen LogP contribution in [0.2, 0.25) is 0 Å². The Morgan fingerprint density at radius 3 is 1.48 bits per heavy atom. The van der Waals surface area contributed by atoms with Crippen LogP contribution in [0.1, 0.15) is 11.1 Å². The van der Waals surface area contributed by atoms with Gasteiger partial charge in [0.05, 0.1) is 43.5 Å². The van der Waals surface area contributed by atoms with Crippen molar-refractivity contribution in [2.24, 2.45) is 5.11 Å². The van der Waals surface area contributed by atoms with Gasteiger partial charge >= 0.3 is 0 Å². The Balaban J connectivity index is 2.77. The molecule has 15 nitrogen and oxygen atoms in total. The summed E-state index contributed by atoms with van der Waals surface area (Å²) < 4.78 is 0. The number of non-ortho nitro benzene ring substituents is 2. The van der Waals surface area contributed by atoms with Gasteiger partial charge < -0.3 is 5.21 Å². The zero-order valence-electron chi connectivity index (χ0n) is 14.7. The molecule has 15 heteroatoms. The van der Waals surface area contributed by atoms with Crippen LogP contribution in [0.25, 0.3) is 0 Å². The molecule has 0 bridgehead atoms. The summed E-state index contributed by atoms with van der Waals surface area (Å²) in [6, 6.07) is 2.89. The zero-order valence-corrected chi connectivity index (χ0v) is 14.7. The van der Waals surface area contributed by atoms with E-state index in [0.29, 0.717) is 12.1 Å². The maximum atomic E-state index is 12.5. The van der Waals surface area contributed by atoms with Gasteiger partial charge in [-0.15, -0.1) is 0 Å². The summed E-state index contributed by atoms with van der Waals surface area (Å²) in [7, 11) is 0. The number of rotatable bonds is 6. The second kappa shape index (κ2) is 7.59. The van der Waals surface area contributed by atoms with Crippen LogP contribution < -0.4 is 0 Å². The van der Waals surface area contributed by atoms with Crippen LogP contribution >= 0.6 is 0 Å². The van der Waals surface area contributed by atoms with E-state index in [2.05, 4.69) is 5.11 Å². The van der Waals surface area contributed by atoms with Gasteiger partial charge in [-0.1, -0.05) is 0 Å². The average Bonchev–Trinajstić information content (AvgIpc) is 2.62. The van der Waals surface area contributed by atoms with Crippen LogP contribution in [0.5, 0.6) is 0 Å². The van der Waals surface area contributed by atoms with E-state index in [0.717, 1.165) is 19.1 Å². The molecule has 0 aliphatic carbocycles. The van der Waals surface area contributed by atoms with E-state index in [1.54, 1.807) is 0 Å². The summed E-state index contributed by atoms with van der Waals surface area (Å²) >= 11 is 0. The average molecular weight is 406 g/mol. The van der Waals surface area contributed by atoms with Crippen LogP contribution in [0.4, 0.5) is 34.1 Å². The van der Waals surface area contributed by atoms with Crippen molar-refractivity contribution in [2.75, 3.05) is 0 Å². The van der Waals surface area contributed by atoms with Crippen LogP contribution in [-0.4, -0.2) is 24.6 Å².